The lowest BCUT2D eigenvalue weighted by Gasteiger charge is -2.12. The fourth-order valence-electron chi connectivity index (χ4n) is 3.14. The molecular weight excluding hydrogens is 382 g/mol. The number of anilines is 1. The van der Waals surface area contributed by atoms with Crippen LogP contribution in [0, 0.1) is 0 Å². The molecule has 3 rings (SSSR count). The van der Waals surface area contributed by atoms with Gasteiger partial charge in [0, 0.05) is 15.7 Å². The molecule has 1 N–H and O–H groups in total. The first-order valence-electron chi connectivity index (χ1n) is 8.44. The Kier molecular flexibility index (Phi) is 5.53. The summed E-state index contributed by atoms with van der Waals surface area (Å²) in [7, 11) is 0. The van der Waals surface area contributed by atoms with Crippen LogP contribution in [0.2, 0.25) is 0 Å². The van der Waals surface area contributed by atoms with Crippen LogP contribution < -0.4 is 5.32 Å². The van der Waals surface area contributed by atoms with Gasteiger partial charge in [0.05, 0.1) is 13.0 Å². The van der Waals surface area contributed by atoms with E-state index < -0.39 is 0 Å². The van der Waals surface area contributed by atoms with Gasteiger partial charge < -0.3 is 10.1 Å². The maximum absolute atomic E-state index is 12.7. The van der Waals surface area contributed by atoms with E-state index in [1.165, 1.54) is 11.1 Å². The van der Waals surface area contributed by atoms with E-state index in [9.17, 15) is 9.59 Å². The van der Waals surface area contributed by atoms with Crippen molar-refractivity contribution in [3.63, 3.8) is 0 Å². The summed E-state index contributed by atoms with van der Waals surface area (Å²) in [6.07, 6.45) is 3.33. The number of nitrogens with one attached hydrogen (secondary N) is 1. The number of rotatable bonds is 5. The summed E-state index contributed by atoms with van der Waals surface area (Å²) < 4.78 is 5.99. The minimum absolute atomic E-state index is 0.137. The van der Waals surface area contributed by atoms with E-state index in [1.54, 1.807) is 13.0 Å². The number of benzene rings is 2. The number of hydrogen-bond donors (Lipinski definition) is 1. The highest BCUT2D eigenvalue weighted by atomic mass is 79.9. The van der Waals surface area contributed by atoms with Crippen LogP contribution in [-0.2, 0) is 28.8 Å². The Hall–Kier alpha value is -2.14. The van der Waals surface area contributed by atoms with Gasteiger partial charge in [0.15, 0.2) is 0 Å². The molecule has 0 unspecified atom stereocenters. The van der Waals surface area contributed by atoms with Crippen molar-refractivity contribution >= 4 is 33.5 Å². The quantitative estimate of drug-likeness (QED) is 0.759. The average molecular weight is 402 g/mol. The lowest BCUT2D eigenvalue weighted by Crippen LogP contribution is -2.15. The van der Waals surface area contributed by atoms with Crippen molar-refractivity contribution < 1.29 is 14.3 Å². The molecule has 0 aromatic heterocycles. The largest absolute Gasteiger partial charge is 0.466 e. The third kappa shape index (κ3) is 4.10. The van der Waals surface area contributed by atoms with Gasteiger partial charge in [0.1, 0.15) is 0 Å². The van der Waals surface area contributed by atoms with Gasteiger partial charge in [-0.2, -0.15) is 0 Å². The molecule has 0 atom stereocenters. The molecule has 0 spiro atoms. The van der Waals surface area contributed by atoms with Crippen LogP contribution in [-0.4, -0.2) is 18.5 Å². The lowest BCUT2D eigenvalue weighted by molar-refractivity contribution is -0.142. The standard InChI is InChI=1S/C20H20BrNO3/c1-2-25-19(23)12-14-6-3-4-9-18(14)22-20(24)15-10-13-7-5-8-16(13)17(21)11-15/h3-4,6,9-11H,2,5,7-8,12H2,1H3,(H,22,24). The number of carbonyl (C=O) groups is 2. The first-order valence-corrected chi connectivity index (χ1v) is 9.24. The predicted molar refractivity (Wildman–Crippen MR) is 101 cm³/mol. The van der Waals surface area contributed by atoms with Gasteiger partial charge in [-0.3, -0.25) is 9.59 Å². The van der Waals surface area contributed by atoms with E-state index in [0.29, 0.717) is 17.9 Å². The predicted octanol–water partition coefficient (Wildman–Crippen LogP) is 4.30. The Labute approximate surface area is 155 Å². The van der Waals surface area contributed by atoms with Gasteiger partial charge in [-0.15, -0.1) is 0 Å². The van der Waals surface area contributed by atoms with Crippen LogP contribution >= 0.6 is 15.9 Å². The fourth-order valence-corrected chi connectivity index (χ4v) is 3.84. The van der Waals surface area contributed by atoms with E-state index in [4.69, 9.17) is 4.74 Å². The Morgan fingerprint density at radius 1 is 1.20 bits per heavy atom. The highest BCUT2D eigenvalue weighted by Gasteiger charge is 2.18. The van der Waals surface area contributed by atoms with E-state index in [0.717, 1.165) is 29.3 Å². The molecule has 0 aliphatic heterocycles. The molecule has 0 radical (unpaired) electrons. The summed E-state index contributed by atoms with van der Waals surface area (Å²) in [5, 5.41) is 2.93. The second kappa shape index (κ2) is 7.83. The van der Waals surface area contributed by atoms with Crippen LogP contribution in [0.15, 0.2) is 40.9 Å². The first-order chi connectivity index (χ1) is 12.1. The molecule has 1 aliphatic rings. The molecule has 2 aromatic carbocycles. The third-order valence-electron chi connectivity index (χ3n) is 4.33. The summed E-state index contributed by atoms with van der Waals surface area (Å²) in [5.74, 6) is -0.476. The fraction of sp³-hybridized carbons (Fsp3) is 0.300. The molecule has 4 nitrogen and oxygen atoms in total. The number of amides is 1. The number of halogens is 1. The van der Waals surface area contributed by atoms with Crippen molar-refractivity contribution in [3.8, 4) is 0 Å². The molecule has 0 bridgehead atoms. The lowest BCUT2D eigenvalue weighted by atomic mass is 10.1. The second-order valence-electron chi connectivity index (χ2n) is 6.04. The number of para-hydroxylation sites is 1. The highest BCUT2D eigenvalue weighted by molar-refractivity contribution is 9.10. The van der Waals surface area contributed by atoms with Crippen LogP contribution in [0.4, 0.5) is 5.69 Å². The number of fused-ring (bicyclic) bond motifs is 1. The molecular formula is C20H20BrNO3. The molecule has 130 valence electrons. The van der Waals surface area contributed by atoms with Crippen molar-refractivity contribution in [2.24, 2.45) is 0 Å². The average Bonchev–Trinajstić information content (AvgIpc) is 3.06. The first kappa shape index (κ1) is 17.7. The van der Waals surface area contributed by atoms with Gasteiger partial charge >= 0.3 is 5.97 Å². The number of aryl methyl sites for hydroxylation is 1. The summed E-state index contributed by atoms with van der Waals surface area (Å²) in [5.41, 5.74) is 4.55. The molecule has 1 aliphatic carbocycles. The maximum atomic E-state index is 12.7. The Morgan fingerprint density at radius 3 is 2.80 bits per heavy atom. The minimum Gasteiger partial charge on any atom is -0.466 e. The molecule has 25 heavy (non-hydrogen) atoms. The van der Waals surface area contributed by atoms with Crippen molar-refractivity contribution in [1.29, 1.82) is 0 Å². The molecule has 0 saturated carbocycles. The SMILES string of the molecule is CCOC(=O)Cc1ccccc1NC(=O)c1cc(Br)c2c(c1)CCC2. The molecule has 5 heteroatoms. The van der Waals surface area contributed by atoms with E-state index >= 15 is 0 Å². The van der Waals surface area contributed by atoms with Crippen molar-refractivity contribution in [2.75, 3.05) is 11.9 Å². The zero-order valence-corrected chi connectivity index (χ0v) is 15.7. The van der Waals surface area contributed by atoms with Crippen molar-refractivity contribution in [2.45, 2.75) is 32.6 Å². The van der Waals surface area contributed by atoms with E-state index in [2.05, 4.69) is 21.2 Å². The van der Waals surface area contributed by atoms with Crippen LogP contribution in [0.5, 0.6) is 0 Å². The summed E-state index contributed by atoms with van der Waals surface area (Å²) >= 11 is 3.58. The topological polar surface area (TPSA) is 55.4 Å². The van der Waals surface area contributed by atoms with Crippen molar-refractivity contribution in [1.82, 2.24) is 0 Å². The van der Waals surface area contributed by atoms with Crippen LogP contribution in [0.3, 0.4) is 0 Å². The van der Waals surface area contributed by atoms with Crippen LogP contribution in [0.1, 0.15) is 40.4 Å². The summed E-state index contributed by atoms with van der Waals surface area (Å²) in [6, 6.07) is 11.1. The normalized spacial score (nSPS) is 12.6. The smallest absolute Gasteiger partial charge is 0.310 e. The van der Waals surface area contributed by atoms with E-state index in [1.807, 2.05) is 30.3 Å². The summed E-state index contributed by atoms with van der Waals surface area (Å²) in [6.45, 7) is 2.12. The molecule has 0 heterocycles. The molecule has 2 aromatic rings. The number of carbonyl (C=O) groups excluding carboxylic acids is 2. The highest BCUT2D eigenvalue weighted by Crippen LogP contribution is 2.31. The zero-order chi connectivity index (χ0) is 17.8. The third-order valence-corrected chi connectivity index (χ3v) is 5.04. The van der Waals surface area contributed by atoms with Gasteiger partial charge in [-0.25, -0.2) is 0 Å². The maximum Gasteiger partial charge on any atom is 0.310 e. The second-order valence-corrected chi connectivity index (χ2v) is 6.90. The Balaban J connectivity index is 1.80. The number of ether oxygens (including phenoxy) is 1. The Bertz CT molecular complexity index is 817. The minimum atomic E-state index is -0.301. The zero-order valence-electron chi connectivity index (χ0n) is 14.1. The van der Waals surface area contributed by atoms with Crippen molar-refractivity contribution in [3.05, 3.63) is 63.1 Å². The molecule has 1 amide bonds. The number of esters is 1. The number of hydrogen-bond acceptors (Lipinski definition) is 3. The Morgan fingerprint density at radius 2 is 2.00 bits per heavy atom. The molecule has 0 saturated heterocycles. The van der Waals surface area contributed by atoms with Gasteiger partial charge in [-0.1, -0.05) is 34.1 Å². The summed E-state index contributed by atoms with van der Waals surface area (Å²) in [4.78, 5) is 24.4. The molecule has 0 fully saturated rings. The van der Waals surface area contributed by atoms with Crippen LogP contribution in [0.25, 0.3) is 0 Å². The monoisotopic (exact) mass is 401 g/mol. The van der Waals surface area contributed by atoms with Gasteiger partial charge in [-0.05, 0) is 61.1 Å². The van der Waals surface area contributed by atoms with Gasteiger partial charge in [0.25, 0.3) is 5.91 Å². The van der Waals surface area contributed by atoms with Gasteiger partial charge in [0.2, 0.25) is 0 Å². The van der Waals surface area contributed by atoms with E-state index in [-0.39, 0.29) is 18.3 Å².